The van der Waals surface area contributed by atoms with Crippen molar-refractivity contribution in [2.75, 3.05) is 9.80 Å². The average molecular weight is 941 g/mol. The van der Waals surface area contributed by atoms with Crippen LogP contribution in [-0.4, -0.2) is 16.1 Å². The van der Waals surface area contributed by atoms with Crippen molar-refractivity contribution in [1.29, 1.82) is 0 Å². The highest BCUT2D eigenvalue weighted by molar-refractivity contribution is 7.99. The molecular formula is C65H61BN4S. The first-order chi connectivity index (χ1) is 33.7. The van der Waals surface area contributed by atoms with Gasteiger partial charge in [-0.25, -0.2) is 4.98 Å². The Bertz CT molecular complexity index is 3910. The molecule has 3 aliphatic rings. The lowest BCUT2D eigenvalue weighted by molar-refractivity contribution is 0.588. The second-order valence-corrected chi connectivity index (χ2v) is 25.6. The van der Waals surface area contributed by atoms with Crippen LogP contribution >= 0.6 is 11.8 Å². The van der Waals surface area contributed by atoms with Gasteiger partial charge in [-0.15, -0.1) is 0 Å². The van der Waals surface area contributed by atoms with E-state index >= 15 is 0 Å². The van der Waals surface area contributed by atoms with E-state index in [-0.39, 0.29) is 28.4 Å². The van der Waals surface area contributed by atoms with Gasteiger partial charge in [-0.2, -0.15) is 0 Å². The molecule has 71 heavy (non-hydrogen) atoms. The zero-order valence-corrected chi connectivity index (χ0v) is 44.0. The van der Waals surface area contributed by atoms with Gasteiger partial charge in [-0.1, -0.05) is 186 Å². The second kappa shape index (κ2) is 14.9. The van der Waals surface area contributed by atoms with Crippen molar-refractivity contribution in [2.24, 2.45) is 0 Å². The quantitative estimate of drug-likeness (QED) is 0.127. The van der Waals surface area contributed by atoms with Crippen LogP contribution in [0.15, 0.2) is 161 Å². The van der Waals surface area contributed by atoms with Crippen molar-refractivity contribution in [3.05, 3.63) is 174 Å². The number of para-hydroxylation sites is 2. The Morgan fingerprint density at radius 2 is 1.03 bits per heavy atom. The highest BCUT2D eigenvalue weighted by Gasteiger charge is 2.47. The number of imidazole rings is 1. The van der Waals surface area contributed by atoms with E-state index in [0.29, 0.717) is 0 Å². The molecule has 0 N–H and O–H groups in total. The van der Waals surface area contributed by atoms with Crippen molar-refractivity contribution < 1.29 is 0 Å². The predicted octanol–water partition coefficient (Wildman–Crippen LogP) is 16.2. The molecule has 0 saturated heterocycles. The minimum Gasteiger partial charge on any atom is -0.311 e. The summed E-state index contributed by atoms with van der Waals surface area (Å²) in [6.45, 7) is 28.1. The summed E-state index contributed by atoms with van der Waals surface area (Å²) in [5.41, 5.74) is 23.3. The van der Waals surface area contributed by atoms with Gasteiger partial charge in [0.2, 0.25) is 0 Å². The summed E-state index contributed by atoms with van der Waals surface area (Å²) >= 11 is 1.95. The summed E-state index contributed by atoms with van der Waals surface area (Å²) in [6, 6.07) is 58.5. The number of hydrogen-bond donors (Lipinski definition) is 0. The van der Waals surface area contributed by atoms with Gasteiger partial charge in [0.25, 0.3) is 6.71 Å². The number of fused-ring (bicyclic) bond motifs is 14. The van der Waals surface area contributed by atoms with Crippen molar-refractivity contribution in [3.63, 3.8) is 0 Å². The number of anilines is 6. The van der Waals surface area contributed by atoms with Crippen LogP contribution in [0.3, 0.4) is 0 Å². The van der Waals surface area contributed by atoms with Gasteiger partial charge in [-0.05, 0) is 132 Å². The molecule has 0 amide bonds. The minimum absolute atomic E-state index is 0.0000679. The number of pyridine rings is 1. The Morgan fingerprint density at radius 3 is 1.72 bits per heavy atom. The molecule has 0 unspecified atom stereocenters. The third kappa shape index (κ3) is 6.62. The maximum absolute atomic E-state index is 5.49. The van der Waals surface area contributed by atoms with Crippen LogP contribution in [0.4, 0.5) is 34.1 Å². The topological polar surface area (TPSA) is 23.8 Å². The van der Waals surface area contributed by atoms with E-state index in [4.69, 9.17) is 4.98 Å². The molecule has 6 heteroatoms. The van der Waals surface area contributed by atoms with Crippen LogP contribution < -0.4 is 26.2 Å². The first-order valence-electron chi connectivity index (χ1n) is 25.5. The van der Waals surface area contributed by atoms with Crippen molar-refractivity contribution >= 4 is 107 Å². The lowest BCUT2D eigenvalue weighted by atomic mass is 9.33. The first kappa shape index (κ1) is 44.2. The van der Waals surface area contributed by atoms with Crippen LogP contribution in [0.1, 0.15) is 105 Å². The SMILES string of the molecule is CC(C)(C)c1ccc(N2c3ccc(C(C)(C)C)cc3B3c4cc(C(C)(C)C)cc5c4N(c4ccc(C(C)(C)C)cc4S5)c4cc(-c5cccc6nc7c8ccccc8c8ccccc8n7c56)cc2c43)cc1. The molecule has 0 aliphatic carbocycles. The molecule has 0 radical (unpaired) electrons. The van der Waals surface area contributed by atoms with Gasteiger partial charge in [0.1, 0.15) is 5.65 Å². The fourth-order valence-corrected chi connectivity index (χ4v) is 13.0. The normalized spacial score (nSPS) is 14.3. The van der Waals surface area contributed by atoms with E-state index in [9.17, 15) is 0 Å². The third-order valence-electron chi connectivity index (χ3n) is 15.7. The number of benzene rings is 8. The monoisotopic (exact) mass is 940 g/mol. The fraction of sp³-hybridized carbons (Fsp3) is 0.246. The molecule has 0 spiro atoms. The Kier molecular flexibility index (Phi) is 9.28. The molecule has 2 aromatic heterocycles. The zero-order chi connectivity index (χ0) is 49.3. The lowest BCUT2D eigenvalue weighted by Crippen LogP contribution is -2.62. The smallest absolute Gasteiger partial charge is 0.252 e. The maximum atomic E-state index is 5.49. The third-order valence-corrected chi connectivity index (χ3v) is 16.8. The molecule has 8 aromatic carbocycles. The Balaban J connectivity index is 1.19. The van der Waals surface area contributed by atoms with Crippen molar-refractivity contribution in [1.82, 2.24) is 9.38 Å². The summed E-state index contributed by atoms with van der Waals surface area (Å²) in [5.74, 6) is 0. The van der Waals surface area contributed by atoms with Gasteiger partial charge in [0, 0.05) is 48.9 Å². The molecule has 13 rings (SSSR count). The molecule has 3 aliphatic heterocycles. The van der Waals surface area contributed by atoms with Gasteiger partial charge in [-0.3, -0.25) is 4.40 Å². The highest BCUT2D eigenvalue weighted by Crippen LogP contribution is 2.56. The number of hydrogen-bond acceptors (Lipinski definition) is 4. The van der Waals surface area contributed by atoms with Crippen LogP contribution in [0.5, 0.6) is 0 Å². The Morgan fingerprint density at radius 1 is 0.451 bits per heavy atom. The van der Waals surface area contributed by atoms with Gasteiger partial charge >= 0.3 is 0 Å². The summed E-state index contributed by atoms with van der Waals surface area (Å²) in [6.07, 6.45) is 0. The molecule has 0 atom stereocenters. The molecule has 4 nitrogen and oxygen atoms in total. The Labute approximate surface area is 423 Å². The summed E-state index contributed by atoms with van der Waals surface area (Å²) in [7, 11) is 0. The molecule has 0 saturated carbocycles. The molecular weight excluding hydrogens is 880 g/mol. The summed E-state index contributed by atoms with van der Waals surface area (Å²) in [5, 5.41) is 3.60. The van der Waals surface area contributed by atoms with E-state index in [0.717, 1.165) is 44.4 Å². The van der Waals surface area contributed by atoms with Crippen molar-refractivity contribution in [3.8, 4) is 11.1 Å². The first-order valence-corrected chi connectivity index (χ1v) is 26.3. The van der Waals surface area contributed by atoms with Gasteiger partial charge in [0.05, 0.1) is 27.9 Å². The molecule has 0 fully saturated rings. The molecule has 10 aromatic rings. The highest BCUT2D eigenvalue weighted by atomic mass is 32.2. The van der Waals surface area contributed by atoms with E-state index in [1.807, 2.05) is 11.8 Å². The van der Waals surface area contributed by atoms with Gasteiger partial charge < -0.3 is 9.80 Å². The largest absolute Gasteiger partial charge is 0.311 e. The summed E-state index contributed by atoms with van der Waals surface area (Å²) < 4.78 is 2.44. The predicted molar refractivity (Wildman–Crippen MR) is 306 cm³/mol. The van der Waals surface area contributed by atoms with Crippen LogP contribution in [0, 0.1) is 0 Å². The molecule has 0 bridgehead atoms. The number of rotatable bonds is 2. The minimum atomic E-state index is -0.0643. The van der Waals surface area contributed by atoms with E-state index in [1.54, 1.807) is 0 Å². The number of aromatic nitrogens is 2. The van der Waals surface area contributed by atoms with E-state index in [2.05, 4.69) is 249 Å². The van der Waals surface area contributed by atoms with Gasteiger partial charge in [0.15, 0.2) is 0 Å². The zero-order valence-electron chi connectivity index (χ0n) is 43.2. The molecule has 5 heterocycles. The average Bonchev–Trinajstić information content (AvgIpc) is 3.74. The Hall–Kier alpha value is -6.76. The van der Waals surface area contributed by atoms with Crippen LogP contribution in [0.25, 0.3) is 49.5 Å². The van der Waals surface area contributed by atoms with Crippen LogP contribution in [0.2, 0.25) is 0 Å². The standard InChI is InChI=1S/C65H61BN4S/c1-62(2,3)39-24-28-43(29-25-39)68-52-30-26-40(63(4,5)6)34-48(52)66-49-35-42(65(10,11)12)37-57-60(49)69(53-31-27-41(64(7,8)9)36-56(53)71-57)55-33-38(32-54(68)58(55)66)44-21-17-22-50-59(44)70-51-23-16-15-19-46(51)45-18-13-14-20-47(45)61(70)67-50/h13-37H,1-12H3. The second-order valence-electron chi connectivity index (χ2n) is 24.6. The maximum Gasteiger partial charge on any atom is 0.252 e. The fourth-order valence-electron chi connectivity index (χ4n) is 11.8. The van der Waals surface area contributed by atoms with E-state index in [1.165, 1.54) is 87.6 Å². The molecule has 350 valence electrons. The number of nitrogens with zero attached hydrogens (tertiary/aromatic N) is 4. The van der Waals surface area contributed by atoms with E-state index < -0.39 is 0 Å². The summed E-state index contributed by atoms with van der Waals surface area (Å²) in [4.78, 5) is 13.3. The van der Waals surface area contributed by atoms with Crippen molar-refractivity contribution in [2.45, 2.75) is 115 Å². The van der Waals surface area contributed by atoms with Crippen LogP contribution in [-0.2, 0) is 21.7 Å². The lowest BCUT2D eigenvalue weighted by Gasteiger charge is -2.47.